The van der Waals surface area contributed by atoms with E-state index in [1.807, 2.05) is 6.92 Å². The van der Waals surface area contributed by atoms with E-state index in [1.54, 1.807) is 6.92 Å². The standard InChI is InChI=1S/C10H21NO3S/c1-4-11-10(8(2)15(3,12)13)9-5-6-14-7-9/h8-11H,4-7H2,1-3H3. The van der Waals surface area contributed by atoms with Crippen molar-refractivity contribution in [1.29, 1.82) is 0 Å². The molecule has 0 aromatic carbocycles. The first-order chi connectivity index (χ1) is 6.96. The smallest absolute Gasteiger partial charge is 0.151 e. The van der Waals surface area contributed by atoms with E-state index in [2.05, 4.69) is 5.32 Å². The van der Waals surface area contributed by atoms with Crippen LogP contribution < -0.4 is 5.32 Å². The number of nitrogens with one attached hydrogen (secondary N) is 1. The summed E-state index contributed by atoms with van der Waals surface area (Å²) in [6.07, 6.45) is 2.26. The van der Waals surface area contributed by atoms with E-state index in [1.165, 1.54) is 6.26 Å². The van der Waals surface area contributed by atoms with Gasteiger partial charge in [0.05, 0.1) is 11.9 Å². The fraction of sp³-hybridized carbons (Fsp3) is 1.00. The summed E-state index contributed by atoms with van der Waals surface area (Å²) in [5, 5.41) is 2.93. The van der Waals surface area contributed by atoms with E-state index in [0.29, 0.717) is 12.5 Å². The van der Waals surface area contributed by atoms with Gasteiger partial charge in [0.25, 0.3) is 0 Å². The lowest BCUT2D eigenvalue weighted by molar-refractivity contribution is 0.176. The highest BCUT2D eigenvalue weighted by molar-refractivity contribution is 7.91. The summed E-state index contributed by atoms with van der Waals surface area (Å²) >= 11 is 0. The third kappa shape index (κ3) is 3.43. The Kier molecular flexibility index (Phi) is 4.55. The Hall–Kier alpha value is -0.130. The molecule has 0 radical (unpaired) electrons. The highest BCUT2D eigenvalue weighted by atomic mass is 32.2. The van der Waals surface area contributed by atoms with Gasteiger partial charge >= 0.3 is 0 Å². The maximum atomic E-state index is 11.5. The predicted octanol–water partition coefficient (Wildman–Crippen LogP) is 0.434. The molecule has 1 heterocycles. The maximum Gasteiger partial charge on any atom is 0.151 e. The van der Waals surface area contributed by atoms with Crippen LogP contribution in [0.15, 0.2) is 0 Å². The number of hydrogen-bond donors (Lipinski definition) is 1. The number of rotatable bonds is 5. The normalized spacial score (nSPS) is 26.5. The van der Waals surface area contributed by atoms with Gasteiger partial charge in [-0.2, -0.15) is 0 Å². The molecule has 0 aromatic rings. The molecule has 3 unspecified atom stereocenters. The number of sulfone groups is 1. The molecule has 90 valence electrons. The lowest BCUT2D eigenvalue weighted by Crippen LogP contribution is -2.47. The van der Waals surface area contributed by atoms with Crippen molar-refractivity contribution in [2.24, 2.45) is 5.92 Å². The van der Waals surface area contributed by atoms with Crippen LogP contribution in [-0.2, 0) is 14.6 Å². The molecule has 3 atom stereocenters. The van der Waals surface area contributed by atoms with Crippen LogP contribution >= 0.6 is 0 Å². The van der Waals surface area contributed by atoms with E-state index < -0.39 is 9.84 Å². The molecule has 4 nitrogen and oxygen atoms in total. The van der Waals surface area contributed by atoms with E-state index in [4.69, 9.17) is 4.74 Å². The second-order valence-corrected chi connectivity index (χ2v) is 6.64. The summed E-state index contributed by atoms with van der Waals surface area (Å²) < 4.78 is 28.4. The minimum atomic E-state index is -2.98. The average molecular weight is 235 g/mol. The van der Waals surface area contributed by atoms with Gasteiger partial charge in [-0.3, -0.25) is 0 Å². The van der Waals surface area contributed by atoms with Crippen LogP contribution in [0.25, 0.3) is 0 Å². The topological polar surface area (TPSA) is 55.4 Å². The van der Waals surface area contributed by atoms with Crippen LogP contribution in [0.1, 0.15) is 20.3 Å². The molecule has 1 fully saturated rings. The molecule has 0 aromatic heterocycles. The van der Waals surface area contributed by atoms with E-state index in [9.17, 15) is 8.42 Å². The lowest BCUT2D eigenvalue weighted by Gasteiger charge is -2.28. The zero-order valence-electron chi connectivity index (χ0n) is 9.69. The van der Waals surface area contributed by atoms with Crippen LogP contribution in [0.3, 0.4) is 0 Å². The van der Waals surface area contributed by atoms with E-state index in [0.717, 1.165) is 19.6 Å². The monoisotopic (exact) mass is 235 g/mol. The molecule has 1 aliphatic heterocycles. The fourth-order valence-electron chi connectivity index (χ4n) is 2.05. The Bertz CT molecular complexity index is 283. The number of ether oxygens (including phenoxy) is 1. The molecule has 0 amide bonds. The van der Waals surface area contributed by atoms with Crippen LogP contribution in [0.4, 0.5) is 0 Å². The second-order valence-electron chi connectivity index (χ2n) is 4.24. The van der Waals surface area contributed by atoms with Crippen molar-refractivity contribution >= 4 is 9.84 Å². The molecular formula is C10H21NO3S. The molecule has 0 saturated carbocycles. The molecule has 15 heavy (non-hydrogen) atoms. The highest BCUT2D eigenvalue weighted by Gasteiger charge is 2.33. The molecule has 0 aliphatic carbocycles. The van der Waals surface area contributed by atoms with Crippen LogP contribution in [0.2, 0.25) is 0 Å². The zero-order valence-corrected chi connectivity index (χ0v) is 10.5. The quantitative estimate of drug-likeness (QED) is 0.751. The van der Waals surface area contributed by atoms with Gasteiger partial charge in [0.1, 0.15) is 0 Å². The van der Waals surface area contributed by atoms with Gasteiger partial charge in [-0.15, -0.1) is 0 Å². The highest BCUT2D eigenvalue weighted by Crippen LogP contribution is 2.21. The summed E-state index contributed by atoms with van der Waals surface area (Å²) in [6.45, 7) is 6.00. The molecule has 5 heteroatoms. The average Bonchev–Trinajstić information content (AvgIpc) is 2.64. The molecular weight excluding hydrogens is 214 g/mol. The van der Waals surface area contributed by atoms with Gasteiger partial charge in [0, 0.05) is 24.8 Å². The van der Waals surface area contributed by atoms with Crippen molar-refractivity contribution in [2.45, 2.75) is 31.6 Å². The minimum absolute atomic E-state index is 0.0208. The Morgan fingerprint density at radius 3 is 2.60 bits per heavy atom. The second kappa shape index (κ2) is 5.27. The van der Waals surface area contributed by atoms with Crippen molar-refractivity contribution < 1.29 is 13.2 Å². The summed E-state index contributed by atoms with van der Waals surface area (Å²) in [7, 11) is -2.98. The van der Waals surface area contributed by atoms with Crippen molar-refractivity contribution in [3.63, 3.8) is 0 Å². The van der Waals surface area contributed by atoms with Crippen molar-refractivity contribution in [2.75, 3.05) is 26.0 Å². The first kappa shape index (κ1) is 12.9. The molecule has 1 saturated heterocycles. The van der Waals surface area contributed by atoms with Crippen LogP contribution in [0.5, 0.6) is 0 Å². The third-order valence-corrected chi connectivity index (χ3v) is 4.74. The lowest BCUT2D eigenvalue weighted by atomic mass is 9.96. The summed E-state index contributed by atoms with van der Waals surface area (Å²) in [4.78, 5) is 0. The van der Waals surface area contributed by atoms with Crippen molar-refractivity contribution in [3.05, 3.63) is 0 Å². The SMILES string of the molecule is CCNC(C1CCOC1)C(C)S(C)(=O)=O. The molecule has 1 aliphatic rings. The molecule has 1 N–H and O–H groups in total. The third-order valence-electron chi connectivity index (χ3n) is 3.09. The first-order valence-electron chi connectivity index (χ1n) is 5.46. The van der Waals surface area contributed by atoms with Gasteiger partial charge in [-0.1, -0.05) is 6.92 Å². The predicted molar refractivity (Wildman–Crippen MR) is 60.7 cm³/mol. The number of hydrogen-bond acceptors (Lipinski definition) is 4. The van der Waals surface area contributed by atoms with Gasteiger partial charge in [0.2, 0.25) is 0 Å². The van der Waals surface area contributed by atoms with Crippen LogP contribution in [0, 0.1) is 5.92 Å². The summed E-state index contributed by atoms with van der Waals surface area (Å²) in [6, 6.07) is 0.0208. The van der Waals surface area contributed by atoms with Gasteiger partial charge < -0.3 is 10.1 Å². The summed E-state index contributed by atoms with van der Waals surface area (Å²) in [5.74, 6) is 0.328. The Labute approximate surface area is 92.3 Å². The Balaban J connectivity index is 2.72. The fourth-order valence-corrected chi connectivity index (χ4v) is 2.90. The maximum absolute atomic E-state index is 11.5. The first-order valence-corrected chi connectivity index (χ1v) is 7.42. The zero-order chi connectivity index (χ0) is 11.5. The van der Waals surface area contributed by atoms with Gasteiger partial charge in [-0.25, -0.2) is 8.42 Å². The van der Waals surface area contributed by atoms with Crippen LogP contribution in [-0.4, -0.2) is 45.7 Å². The Morgan fingerprint density at radius 2 is 2.20 bits per heavy atom. The van der Waals surface area contributed by atoms with Crippen molar-refractivity contribution in [3.8, 4) is 0 Å². The molecule has 0 spiro atoms. The van der Waals surface area contributed by atoms with E-state index >= 15 is 0 Å². The van der Waals surface area contributed by atoms with Crippen molar-refractivity contribution in [1.82, 2.24) is 5.32 Å². The van der Waals surface area contributed by atoms with E-state index in [-0.39, 0.29) is 11.3 Å². The molecule has 0 bridgehead atoms. The minimum Gasteiger partial charge on any atom is -0.381 e. The largest absolute Gasteiger partial charge is 0.381 e. The Morgan fingerprint density at radius 1 is 1.53 bits per heavy atom. The summed E-state index contributed by atoms with van der Waals surface area (Å²) in [5.41, 5.74) is 0. The molecule has 1 rings (SSSR count). The van der Waals surface area contributed by atoms with Gasteiger partial charge in [0.15, 0.2) is 9.84 Å². The van der Waals surface area contributed by atoms with Gasteiger partial charge in [-0.05, 0) is 19.9 Å².